The lowest BCUT2D eigenvalue weighted by Crippen LogP contribution is -2.51. The zero-order chi connectivity index (χ0) is 15.4. The van der Waals surface area contributed by atoms with Crippen LogP contribution in [0.2, 0.25) is 0 Å². The van der Waals surface area contributed by atoms with Crippen molar-refractivity contribution in [1.29, 1.82) is 0 Å². The molecule has 0 spiro atoms. The van der Waals surface area contributed by atoms with Crippen molar-refractivity contribution < 1.29 is 19.1 Å². The van der Waals surface area contributed by atoms with E-state index in [1.807, 2.05) is 20.8 Å². The largest absolute Gasteiger partial charge is 0.461 e. The Morgan fingerprint density at radius 2 is 1.47 bits per heavy atom. The van der Waals surface area contributed by atoms with Crippen LogP contribution in [0.4, 0.5) is 4.79 Å². The van der Waals surface area contributed by atoms with E-state index in [4.69, 9.17) is 9.47 Å². The van der Waals surface area contributed by atoms with Gasteiger partial charge in [0.25, 0.3) is 0 Å². The molecule has 0 fully saturated rings. The van der Waals surface area contributed by atoms with Gasteiger partial charge in [0.05, 0.1) is 6.10 Å². The zero-order valence-corrected chi connectivity index (χ0v) is 13.3. The summed E-state index contributed by atoms with van der Waals surface area (Å²) in [5.41, 5.74) is -1.06. The molecule has 0 aromatic heterocycles. The maximum atomic E-state index is 12.0. The Morgan fingerprint density at radius 3 is 1.79 bits per heavy atom. The topological polar surface area (TPSA) is 64.6 Å². The van der Waals surface area contributed by atoms with E-state index in [1.54, 1.807) is 34.6 Å². The molecule has 1 amide bonds. The van der Waals surface area contributed by atoms with Crippen molar-refractivity contribution in [3.05, 3.63) is 0 Å². The van der Waals surface area contributed by atoms with E-state index in [1.165, 1.54) is 0 Å². The molecule has 112 valence electrons. The number of carbonyl (C=O) groups excluding carboxylic acids is 2. The van der Waals surface area contributed by atoms with Crippen molar-refractivity contribution in [1.82, 2.24) is 5.32 Å². The standard InChI is InChI=1S/C14H27NO4/c1-9(2)18-11(16)10(13(3,4)5)15-12(17)19-14(6,7)8/h9-10H,1-8H3,(H,15,17)/t10-/m1/s1. The van der Waals surface area contributed by atoms with Gasteiger partial charge in [0.1, 0.15) is 11.6 Å². The molecule has 1 N–H and O–H groups in total. The van der Waals surface area contributed by atoms with Crippen LogP contribution in [0.3, 0.4) is 0 Å². The Balaban J connectivity index is 4.81. The highest BCUT2D eigenvalue weighted by molar-refractivity contribution is 5.82. The van der Waals surface area contributed by atoms with E-state index < -0.39 is 29.1 Å². The Morgan fingerprint density at radius 1 is 1.00 bits per heavy atom. The molecule has 0 heterocycles. The second kappa shape index (κ2) is 6.26. The van der Waals surface area contributed by atoms with E-state index in [2.05, 4.69) is 5.32 Å². The molecule has 0 aromatic rings. The molecule has 0 saturated heterocycles. The number of hydrogen-bond acceptors (Lipinski definition) is 4. The third-order valence-electron chi connectivity index (χ3n) is 2.11. The van der Waals surface area contributed by atoms with Gasteiger partial charge in [-0.3, -0.25) is 0 Å². The summed E-state index contributed by atoms with van der Waals surface area (Å²) in [4.78, 5) is 23.8. The van der Waals surface area contributed by atoms with Crippen LogP contribution in [-0.4, -0.2) is 29.8 Å². The Kier molecular flexibility index (Phi) is 5.84. The van der Waals surface area contributed by atoms with Gasteiger partial charge in [0, 0.05) is 0 Å². The minimum atomic E-state index is -0.746. The molecule has 5 nitrogen and oxygen atoms in total. The van der Waals surface area contributed by atoms with E-state index in [9.17, 15) is 9.59 Å². The van der Waals surface area contributed by atoms with Gasteiger partial charge < -0.3 is 14.8 Å². The summed E-state index contributed by atoms with van der Waals surface area (Å²) >= 11 is 0. The smallest absolute Gasteiger partial charge is 0.408 e. The average molecular weight is 273 g/mol. The molecule has 0 aromatic carbocycles. The number of nitrogens with one attached hydrogen (secondary N) is 1. The predicted octanol–water partition coefficient (Wildman–Crippen LogP) is 2.88. The van der Waals surface area contributed by atoms with Gasteiger partial charge in [-0.15, -0.1) is 0 Å². The predicted molar refractivity (Wildman–Crippen MR) is 73.8 cm³/mol. The van der Waals surface area contributed by atoms with Crippen LogP contribution < -0.4 is 5.32 Å². The molecule has 1 atom stereocenters. The van der Waals surface area contributed by atoms with Gasteiger partial charge in [-0.25, -0.2) is 9.59 Å². The average Bonchev–Trinajstić information content (AvgIpc) is 2.07. The van der Waals surface area contributed by atoms with Gasteiger partial charge in [-0.05, 0) is 40.0 Å². The first-order chi connectivity index (χ1) is 8.33. The SMILES string of the molecule is CC(C)OC(=O)[C@@H](NC(=O)OC(C)(C)C)C(C)(C)C. The first-order valence-electron chi connectivity index (χ1n) is 6.53. The highest BCUT2D eigenvalue weighted by Crippen LogP contribution is 2.21. The Bertz CT molecular complexity index is 323. The molecule has 0 unspecified atom stereocenters. The molecule has 0 aliphatic carbocycles. The summed E-state index contributed by atoms with van der Waals surface area (Å²) in [5.74, 6) is -0.451. The summed E-state index contributed by atoms with van der Waals surface area (Å²) in [7, 11) is 0. The van der Waals surface area contributed by atoms with Gasteiger partial charge >= 0.3 is 12.1 Å². The first-order valence-corrected chi connectivity index (χ1v) is 6.53. The summed E-state index contributed by atoms with van der Waals surface area (Å²) in [5, 5.41) is 2.58. The number of amides is 1. The minimum absolute atomic E-state index is 0.224. The molecule has 5 heteroatoms. The van der Waals surface area contributed by atoms with E-state index in [0.29, 0.717) is 0 Å². The Labute approximate surface area is 116 Å². The van der Waals surface area contributed by atoms with E-state index in [-0.39, 0.29) is 6.10 Å². The van der Waals surface area contributed by atoms with Crippen molar-refractivity contribution in [3.63, 3.8) is 0 Å². The third-order valence-corrected chi connectivity index (χ3v) is 2.11. The van der Waals surface area contributed by atoms with Crippen LogP contribution >= 0.6 is 0 Å². The monoisotopic (exact) mass is 273 g/mol. The van der Waals surface area contributed by atoms with Crippen LogP contribution in [0, 0.1) is 5.41 Å². The maximum absolute atomic E-state index is 12.0. The van der Waals surface area contributed by atoms with Gasteiger partial charge in [-0.2, -0.15) is 0 Å². The maximum Gasteiger partial charge on any atom is 0.408 e. The summed E-state index contributed by atoms with van der Waals surface area (Å²) in [6, 6.07) is -0.746. The lowest BCUT2D eigenvalue weighted by atomic mass is 9.87. The summed E-state index contributed by atoms with van der Waals surface area (Å²) in [6.45, 7) is 14.4. The number of alkyl carbamates (subject to hydrolysis) is 1. The van der Waals surface area contributed by atoms with Gasteiger partial charge in [0.2, 0.25) is 0 Å². The molecule has 0 rings (SSSR count). The second-order valence-electron chi connectivity index (χ2n) is 6.93. The molecule has 0 bridgehead atoms. The quantitative estimate of drug-likeness (QED) is 0.803. The third kappa shape index (κ3) is 7.70. The van der Waals surface area contributed by atoms with Crippen molar-refractivity contribution in [3.8, 4) is 0 Å². The number of carbonyl (C=O) groups is 2. The molecular formula is C14H27NO4. The fourth-order valence-electron chi connectivity index (χ4n) is 1.35. The molecule has 0 aliphatic heterocycles. The number of rotatable bonds is 3. The van der Waals surface area contributed by atoms with Crippen molar-refractivity contribution in [2.45, 2.75) is 73.1 Å². The van der Waals surface area contributed by atoms with Crippen LogP contribution in [0.5, 0.6) is 0 Å². The highest BCUT2D eigenvalue weighted by atomic mass is 16.6. The minimum Gasteiger partial charge on any atom is -0.461 e. The molecule has 0 radical (unpaired) electrons. The van der Waals surface area contributed by atoms with E-state index >= 15 is 0 Å². The van der Waals surface area contributed by atoms with Crippen LogP contribution in [0.1, 0.15) is 55.4 Å². The zero-order valence-electron chi connectivity index (χ0n) is 13.3. The fraction of sp³-hybridized carbons (Fsp3) is 0.857. The lowest BCUT2D eigenvalue weighted by Gasteiger charge is -2.31. The van der Waals surface area contributed by atoms with Crippen molar-refractivity contribution in [2.24, 2.45) is 5.41 Å². The van der Waals surface area contributed by atoms with Crippen molar-refractivity contribution >= 4 is 12.1 Å². The Hall–Kier alpha value is -1.26. The summed E-state index contributed by atoms with van der Waals surface area (Å²) in [6.07, 6.45) is -0.842. The van der Waals surface area contributed by atoms with Crippen LogP contribution in [0.15, 0.2) is 0 Å². The molecule has 0 aliphatic rings. The van der Waals surface area contributed by atoms with Crippen molar-refractivity contribution in [2.75, 3.05) is 0 Å². The normalized spacial score (nSPS) is 13.9. The molecule has 19 heavy (non-hydrogen) atoms. The van der Waals surface area contributed by atoms with Gasteiger partial charge in [0.15, 0.2) is 0 Å². The number of ether oxygens (including phenoxy) is 2. The highest BCUT2D eigenvalue weighted by Gasteiger charge is 2.35. The molecular weight excluding hydrogens is 246 g/mol. The first kappa shape index (κ1) is 17.7. The van der Waals surface area contributed by atoms with Crippen LogP contribution in [-0.2, 0) is 14.3 Å². The molecule has 0 saturated carbocycles. The van der Waals surface area contributed by atoms with Gasteiger partial charge in [-0.1, -0.05) is 20.8 Å². The lowest BCUT2D eigenvalue weighted by molar-refractivity contribution is -0.152. The fourth-order valence-corrected chi connectivity index (χ4v) is 1.35. The number of hydrogen-bond donors (Lipinski definition) is 1. The van der Waals surface area contributed by atoms with Crippen LogP contribution in [0.25, 0.3) is 0 Å². The summed E-state index contributed by atoms with van der Waals surface area (Å²) < 4.78 is 10.3. The second-order valence-corrected chi connectivity index (χ2v) is 6.93. The van der Waals surface area contributed by atoms with E-state index in [0.717, 1.165) is 0 Å². The number of esters is 1.